The van der Waals surface area contributed by atoms with Crippen LogP contribution in [0, 0.1) is 0 Å². The first-order valence-corrected chi connectivity index (χ1v) is 4.90. The summed E-state index contributed by atoms with van der Waals surface area (Å²) >= 11 is 5.66. The molecule has 0 aromatic carbocycles. The first-order chi connectivity index (χ1) is 6.96. The van der Waals surface area contributed by atoms with Crippen LogP contribution >= 0.6 is 11.6 Å². The van der Waals surface area contributed by atoms with Gasteiger partial charge in [-0.2, -0.15) is 0 Å². The summed E-state index contributed by atoms with van der Waals surface area (Å²) in [6.45, 7) is 4.17. The summed E-state index contributed by atoms with van der Waals surface area (Å²) < 4.78 is 9.98. The Balaban J connectivity index is 2.55. The number of nitrogens with one attached hydrogen (secondary N) is 1. The normalized spacial score (nSPS) is 11.5. The molecule has 0 atom stereocenters. The largest absolute Gasteiger partial charge is 0.452 e. The van der Waals surface area contributed by atoms with Crippen LogP contribution in [0.4, 0.5) is 0 Å². The third kappa shape index (κ3) is 3.25. The van der Waals surface area contributed by atoms with Crippen LogP contribution in [0.2, 0.25) is 5.22 Å². The van der Waals surface area contributed by atoms with E-state index >= 15 is 0 Å². The van der Waals surface area contributed by atoms with Crippen LogP contribution in [0.1, 0.15) is 24.2 Å². The fourth-order valence-corrected chi connectivity index (χ4v) is 1.12. The molecule has 1 rings (SSSR count). The fourth-order valence-electron chi connectivity index (χ4n) is 0.916. The number of carbonyl (C=O) groups excluding carboxylic acids is 1. The lowest BCUT2D eigenvalue weighted by molar-refractivity contribution is 0.0228. The minimum Gasteiger partial charge on any atom is -0.452 e. The number of methoxy groups -OCH3 is 1. The van der Waals surface area contributed by atoms with Gasteiger partial charge in [0, 0.05) is 13.7 Å². The highest BCUT2D eigenvalue weighted by Crippen LogP contribution is 2.16. The van der Waals surface area contributed by atoms with Crippen molar-refractivity contribution in [1.29, 1.82) is 0 Å². The predicted octanol–water partition coefficient (Wildman–Crippen LogP) is 2.09. The Labute approximate surface area is 93.5 Å². The van der Waals surface area contributed by atoms with E-state index in [4.69, 9.17) is 20.8 Å². The standard InChI is InChI=1S/C10H14ClNO3/c1-10(2,14-3)6-12-9(13)7-4-5-15-8(7)11/h4-5H,6H2,1-3H3,(H,12,13). The number of ether oxygens (including phenoxy) is 1. The molecule has 0 radical (unpaired) electrons. The molecule has 0 saturated heterocycles. The second-order valence-electron chi connectivity index (χ2n) is 3.75. The zero-order valence-electron chi connectivity index (χ0n) is 8.96. The smallest absolute Gasteiger partial charge is 0.256 e. The third-order valence-corrected chi connectivity index (χ3v) is 2.38. The predicted molar refractivity (Wildman–Crippen MR) is 57.1 cm³/mol. The summed E-state index contributed by atoms with van der Waals surface area (Å²) in [6, 6.07) is 1.53. The highest BCUT2D eigenvalue weighted by Gasteiger charge is 2.19. The SMILES string of the molecule is COC(C)(C)CNC(=O)c1ccoc1Cl. The number of halogens is 1. The number of carbonyl (C=O) groups is 1. The summed E-state index contributed by atoms with van der Waals surface area (Å²) in [6.07, 6.45) is 1.37. The lowest BCUT2D eigenvalue weighted by atomic mass is 10.1. The molecule has 0 aliphatic carbocycles. The summed E-state index contributed by atoms with van der Waals surface area (Å²) in [5, 5.41) is 2.81. The Bertz CT molecular complexity index is 346. The number of hydrogen-bond acceptors (Lipinski definition) is 3. The van der Waals surface area contributed by atoms with E-state index in [0.717, 1.165) is 0 Å². The Kier molecular flexibility index (Phi) is 3.77. The number of rotatable bonds is 4. The van der Waals surface area contributed by atoms with Crippen molar-refractivity contribution >= 4 is 17.5 Å². The molecule has 0 bridgehead atoms. The maximum absolute atomic E-state index is 11.6. The van der Waals surface area contributed by atoms with Crippen molar-refractivity contribution in [2.75, 3.05) is 13.7 Å². The van der Waals surface area contributed by atoms with Crippen LogP contribution in [0.15, 0.2) is 16.7 Å². The van der Waals surface area contributed by atoms with Crippen molar-refractivity contribution < 1.29 is 13.9 Å². The van der Waals surface area contributed by atoms with E-state index in [2.05, 4.69) is 5.32 Å². The maximum Gasteiger partial charge on any atom is 0.256 e. The van der Waals surface area contributed by atoms with Crippen molar-refractivity contribution in [3.63, 3.8) is 0 Å². The van der Waals surface area contributed by atoms with Gasteiger partial charge in [0.1, 0.15) is 0 Å². The van der Waals surface area contributed by atoms with Crippen molar-refractivity contribution in [2.45, 2.75) is 19.4 Å². The molecule has 0 fully saturated rings. The van der Waals surface area contributed by atoms with Crippen LogP contribution in [0.25, 0.3) is 0 Å². The van der Waals surface area contributed by atoms with E-state index in [9.17, 15) is 4.79 Å². The van der Waals surface area contributed by atoms with Gasteiger partial charge < -0.3 is 14.5 Å². The molecule has 4 nitrogen and oxygen atoms in total. The average Bonchev–Trinajstić information content (AvgIpc) is 2.61. The van der Waals surface area contributed by atoms with Gasteiger partial charge in [-0.1, -0.05) is 0 Å². The molecule has 1 aromatic heterocycles. The summed E-state index contributed by atoms with van der Waals surface area (Å²) in [5.74, 6) is -0.265. The summed E-state index contributed by atoms with van der Waals surface area (Å²) in [5.41, 5.74) is -0.0603. The van der Waals surface area contributed by atoms with Gasteiger partial charge in [-0.3, -0.25) is 4.79 Å². The molecular formula is C10H14ClNO3. The average molecular weight is 232 g/mol. The zero-order chi connectivity index (χ0) is 11.5. The highest BCUT2D eigenvalue weighted by atomic mass is 35.5. The molecule has 1 heterocycles. The van der Waals surface area contributed by atoms with Crippen LogP contribution in [-0.2, 0) is 4.74 Å². The number of furan rings is 1. The lowest BCUT2D eigenvalue weighted by Crippen LogP contribution is -2.39. The van der Waals surface area contributed by atoms with Crippen LogP contribution in [0.3, 0.4) is 0 Å². The van der Waals surface area contributed by atoms with Crippen molar-refractivity contribution in [2.24, 2.45) is 0 Å². The minimum atomic E-state index is -0.397. The van der Waals surface area contributed by atoms with Crippen LogP contribution in [0.5, 0.6) is 0 Å². The zero-order valence-corrected chi connectivity index (χ0v) is 9.72. The van der Waals surface area contributed by atoms with Crippen LogP contribution in [-0.4, -0.2) is 25.2 Å². The van der Waals surface area contributed by atoms with Crippen molar-refractivity contribution in [3.8, 4) is 0 Å². The van der Waals surface area contributed by atoms with E-state index in [1.54, 1.807) is 7.11 Å². The van der Waals surface area contributed by atoms with E-state index in [1.807, 2.05) is 13.8 Å². The lowest BCUT2D eigenvalue weighted by Gasteiger charge is -2.22. The molecule has 5 heteroatoms. The molecule has 84 valence electrons. The molecule has 1 N–H and O–H groups in total. The van der Waals surface area contributed by atoms with E-state index in [0.29, 0.717) is 12.1 Å². The molecule has 1 aromatic rings. The van der Waals surface area contributed by atoms with Crippen LogP contribution < -0.4 is 5.32 Å². The summed E-state index contributed by atoms with van der Waals surface area (Å²) in [4.78, 5) is 11.6. The van der Waals surface area contributed by atoms with Gasteiger partial charge in [0.25, 0.3) is 5.91 Å². The van der Waals surface area contributed by atoms with Gasteiger partial charge in [-0.25, -0.2) is 0 Å². The fraction of sp³-hybridized carbons (Fsp3) is 0.500. The minimum absolute atomic E-state index is 0.0997. The topological polar surface area (TPSA) is 51.5 Å². The molecule has 0 aliphatic rings. The Morgan fingerprint density at radius 2 is 2.33 bits per heavy atom. The van der Waals surface area contributed by atoms with Gasteiger partial charge in [0.05, 0.1) is 17.4 Å². The molecule has 0 unspecified atom stereocenters. The molecule has 0 spiro atoms. The summed E-state index contributed by atoms with van der Waals surface area (Å²) in [7, 11) is 1.59. The maximum atomic E-state index is 11.6. The van der Waals surface area contributed by atoms with Gasteiger partial charge in [0.15, 0.2) is 0 Å². The van der Waals surface area contributed by atoms with E-state index in [1.165, 1.54) is 12.3 Å². The Hall–Kier alpha value is -1.00. The third-order valence-electron chi connectivity index (χ3n) is 2.09. The van der Waals surface area contributed by atoms with Gasteiger partial charge in [-0.05, 0) is 31.5 Å². The Morgan fingerprint density at radius 1 is 1.67 bits per heavy atom. The van der Waals surface area contributed by atoms with Gasteiger partial charge in [-0.15, -0.1) is 0 Å². The monoisotopic (exact) mass is 231 g/mol. The van der Waals surface area contributed by atoms with Gasteiger partial charge >= 0.3 is 0 Å². The second kappa shape index (κ2) is 4.68. The molecule has 0 saturated carbocycles. The molecule has 1 amide bonds. The molecule has 0 aliphatic heterocycles. The Morgan fingerprint density at radius 3 is 2.80 bits per heavy atom. The first kappa shape index (κ1) is 12.1. The van der Waals surface area contributed by atoms with E-state index < -0.39 is 5.60 Å². The van der Waals surface area contributed by atoms with E-state index in [-0.39, 0.29) is 11.1 Å². The molecule has 15 heavy (non-hydrogen) atoms. The quantitative estimate of drug-likeness (QED) is 0.863. The highest BCUT2D eigenvalue weighted by molar-refractivity contribution is 6.32. The second-order valence-corrected chi connectivity index (χ2v) is 4.10. The number of hydrogen-bond donors (Lipinski definition) is 1. The van der Waals surface area contributed by atoms with Crippen molar-refractivity contribution in [3.05, 3.63) is 23.1 Å². The van der Waals surface area contributed by atoms with Crippen molar-refractivity contribution in [1.82, 2.24) is 5.32 Å². The van der Waals surface area contributed by atoms with Gasteiger partial charge in [0.2, 0.25) is 5.22 Å². The number of amides is 1. The first-order valence-electron chi connectivity index (χ1n) is 4.52. The molecular weight excluding hydrogens is 218 g/mol.